The Morgan fingerprint density at radius 2 is 1.88 bits per heavy atom. The van der Waals surface area contributed by atoms with Crippen molar-refractivity contribution in [2.24, 2.45) is 5.73 Å². The second-order valence-electron chi connectivity index (χ2n) is 4.88. The monoisotopic (exact) mass is 344 g/mol. The summed E-state index contributed by atoms with van der Waals surface area (Å²) in [5.74, 6) is -3.84. The average molecular weight is 344 g/mol. The lowest BCUT2D eigenvalue weighted by Gasteiger charge is -2.09. The number of aromatic nitrogens is 4. The third-order valence-electron chi connectivity index (χ3n) is 3.23. The van der Waals surface area contributed by atoms with Gasteiger partial charge in [0.2, 0.25) is 0 Å². The standard InChI is InChI=1S/C15H10F2N6O2/c16-9-5-8(14(18)24)12(6-10(9)17)20-15(25)11-1-2-13(22-21-11)23-4-3-19-7-23/h1-7H,(H2,18,24)(H,20,25). The predicted molar refractivity (Wildman–Crippen MR) is 82.0 cm³/mol. The first-order valence-electron chi connectivity index (χ1n) is 6.88. The number of nitrogens with two attached hydrogens (primary N) is 1. The molecule has 0 saturated carbocycles. The Morgan fingerprint density at radius 1 is 1.12 bits per heavy atom. The molecule has 0 saturated heterocycles. The molecule has 2 heterocycles. The summed E-state index contributed by atoms with van der Waals surface area (Å²) in [6.45, 7) is 0. The summed E-state index contributed by atoms with van der Waals surface area (Å²) in [4.78, 5) is 27.4. The number of anilines is 1. The van der Waals surface area contributed by atoms with Crippen molar-refractivity contribution >= 4 is 17.5 Å². The molecule has 0 fully saturated rings. The molecule has 0 aliphatic heterocycles. The van der Waals surface area contributed by atoms with Crippen LogP contribution in [0.5, 0.6) is 0 Å². The second-order valence-corrected chi connectivity index (χ2v) is 4.88. The normalized spacial score (nSPS) is 10.5. The van der Waals surface area contributed by atoms with E-state index in [1.807, 2.05) is 0 Å². The van der Waals surface area contributed by atoms with E-state index < -0.39 is 23.4 Å². The number of nitrogens with zero attached hydrogens (tertiary/aromatic N) is 4. The fourth-order valence-electron chi connectivity index (χ4n) is 2.02. The number of rotatable bonds is 4. The fraction of sp³-hybridized carbons (Fsp3) is 0. The summed E-state index contributed by atoms with van der Waals surface area (Å²) < 4.78 is 28.2. The van der Waals surface area contributed by atoms with E-state index >= 15 is 0 Å². The first-order chi connectivity index (χ1) is 12.0. The number of carbonyl (C=O) groups is 2. The molecule has 2 amide bonds. The maximum Gasteiger partial charge on any atom is 0.276 e. The maximum absolute atomic E-state index is 13.4. The number of halogens is 2. The van der Waals surface area contributed by atoms with Crippen LogP contribution in [0, 0.1) is 11.6 Å². The van der Waals surface area contributed by atoms with Crippen LogP contribution in [-0.4, -0.2) is 31.6 Å². The zero-order chi connectivity index (χ0) is 18.0. The molecular weight excluding hydrogens is 334 g/mol. The van der Waals surface area contributed by atoms with Crippen LogP contribution in [0.25, 0.3) is 5.82 Å². The van der Waals surface area contributed by atoms with Crippen molar-refractivity contribution in [3.05, 3.63) is 65.9 Å². The van der Waals surface area contributed by atoms with E-state index in [1.165, 1.54) is 18.5 Å². The molecule has 3 rings (SSSR count). The van der Waals surface area contributed by atoms with Crippen molar-refractivity contribution < 1.29 is 18.4 Å². The number of carbonyl (C=O) groups excluding carboxylic acids is 2. The van der Waals surface area contributed by atoms with Crippen LogP contribution in [0.4, 0.5) is 14.5 Å². The quantitative estimate of drug-likeness (QED) is 0.740. The molecule has 3 aromatic rings. The topological polar surface area (TPSA) is 116 Å². The molecule has 126 valence electrons. The van der Waals surface area contributed by atoms with E-state index in [-0.39, 0.29) is 16.9 Å². The third-order valence-corrected chi connectivity index (χ3v) is 3.23. The largest absolute Gasteiger partial charge is 0.366 e. The molecule has 0 spiro atoms. The van der Waals surface area contributed by atoms with Crippen LogP contribution in [0.3, 0.4) is 0 Å². The van der Waals surface area contributed by atoms with Gasteiger partial charge < -0.3 is 11.1 Å². The summed E-state index contributed by atoms with van der Waals surface area (Å²) >= 11 is 0. The summed E-state index contributed by atoms with van der Waals surface area (Å²) in [5, 5.41) is 9.87. The lowest BCUT2D eigenvalue weighted by atomic mass is 10.1. The number of hydrogen-bond donors (Lipinski definition) is 2. The first kappa shape index (κ1) is 16.2. The number of nitrogens with one attached hydrogen (secondary N) is 1. The molecule has 0 unspecified atom stereocenters. The number of benzene rings is 1. The smallest absolute Gasteiger partial charge is 0.276 e. The minimum atomic E-state index is -1.25. The highest BCUT2D eigenvalue weighted by molar-refractivity contribution is 6.07. The summed E-state index contributed by atoms with van der Waals surface area (Å²) in [6.07, 6.45) is 4.70. The molecule has 25 heavy (non-hydrogen) atoms. The van der Waals surface area contributed by atoms with Crippen molar-refractivity contribution in [3.63, 3.8) is 0 Å². The maximum atomic E-state index is 13.4. The van der Waals surface area contributed by atoms with Gasteiger partial charge in [-0.25, -0.2) is 13.8 Å². The Morgan fingerprint density at radius 3 is 2.48 bits per heavy atom. The molecule has 2 aromatic heterocycles. The Kier molecular flexibility index (Phi) is 4.16. The van der Waals surface area contributed by atoms with Gasteiger partial charge in [-0.05, 0) is 18.2 Å². The molecule has 8 nitrogen and oxygen atoms in total. The summed E-state index contributed by atoms with van der Waals surface area (Å²) in [6, 6.07) is 4.17. The van der Waals surface area contributed by atoms with E-state index in [0.717, 1.165) is 0 Å². The first-order valence-corrected chi connectivity index (χ1v) is 6.88. The van der Waals surface area contributed by atoms with Gasteiger partial charge in [-0.2, -0.15) is 0 Å². The molecule has 3 N–H and O–H groups in total. The van der Waals surface area contributed by atoms with Crippen LogP contribution >= 0.6 is 0 Å². The van der Waals surface area contributed by atoms with Crippen molar-refractivity contribution in [2.75, 3.05) is 5.32 Å². The molecule has 0 bridgehead atoms. The SMILES string of the molecule is NC(=O)c1cc(F)c(F)cc1NC(=O)c1ccc(-n2ccnc2)nn1. The zero-order valence-electron chi connectivity index (χ0n) is 12.5. The van der Waals surface area contributed by atoms with Gasteiger partial charge in [0.05, 0.1) is 11.3 Å². The Labute approximate surface area is 139 Å². The van der Waals surface area contributed by atoms with Gasteiger partial charge in [-0.1, -0.05) is 0 Å². The van der Waals surface area contributed by atoms with Crippen LogP contribution in [0.15, 0.2) is 43.0 Å². The van der Waals surface area contributed by atoms with Crippen LogP contribution < -0.4 is 11.1 Å². The second kappa shape index (κ2) is 6.43. The van der Waals surface area contributed by atoms with Crippen LogP contribution in [-0.2, 0) is 0 Å². The average Bonchev–Trinajstić information content (AvgIpc) is 3.12. The van der Waals surface area contributed by atoms with Gasteiger partial charge in [0.25, 0.3) is 11.8 Å². The minimum absolute atomic E-state index is 0.0935. The van der Waals surface area contributed by atoms with Gasteiger partial charge in [-0.15, -0.1) is 10.2 Å². The number of imidazole rings is 1. The van der Waals surface area contributed by atoms with Gasteiger partial charge in [-0.3, -0.25) is 14.2 Å². The highest BCUT2D eigenvalue weighted by Crippen LogP contribution is 2.20. The number of amides is 2. The summed E-state index contributed by atoms with van der Waals surface area (Å²) in [7, 11) is 0. The lowest BCUT2D eigenvalue weighted by Crippen LogP contribution is -2.20. The van der Waals surface area contributed by atoms with E-state index in [4.69, 9.17) is 5.73 Å². The fourth-order valence-corrected chi connectivity index (χ4v) is 2.02. The molecular formula is C15H10F2N6O2. The number of hydrogen-bond acceptors (Lipinski definition) is 5. The predicted octanol–water partition coefficient (Wildman–Crippen LogP) is 1.29. The molecule has 10 heteroatoms. The zero-order valence-corrected chi connectivity index (χ0v) is 12.5. The van der Waals surface area contributed by atoms with Gasteiger partial charge >= 0.3 is 0 Å². The van der Waals surface area contributed by atoms with Crippen molar-refractivity contribution in [2.45, 2.75) is 0 Å². The van der Waals surface area contributed by atoms with Crippen LogP contribution in [0.1, 0.15) is 20.8 Å². The third kappa shape index (κ3) is 3.32. The minimum Gasteiger partial charge on any atom is -0.366 e. The van der Waals surface area contributed by atoms with Crippen molar-refractivity contribution in [1.82, 2.24) is 19.7 Å². The molecule has 0 radical (unpaired) electrons. The molecule has 0 aliphatic rings. The lowest BCUT2D eigenvalue weighted by molar-refractivity contribution is 0.100. The highest BCUT2D eigenvalue weighted by atomic mass is 19.2. The van der Waals surface area contributed by atoms with Crippen LogP contribution in [0.2, 0.25) is 0 Å². The van der Waals surface area contributed by atoms with Gasteiger partial charge in [0, 0.05) is 18.5 Å². The Bertz CT molecular complexity index is 941. The van der Waals surface area contributed by atoms with Crippen molar-refractivity contribution in [1.29, 1.82) is 0 Å². The molecule has 0 aliphatic carbocycles. The summed E-state index contributed by atoms with van der Waals surface area (Å²) in [5.41, 5.74) is 4.38. The highest BCUT2D eigenvalue weighted by Gasteiger charge is 2.17. The van der Waals surface area contributed by atoms with E-state index in [0.29, 0.717) is 18.0 Å². The molecule has 0 atom stereocenters. The van der Waals surface area contributed by atoms with E-state index in [2.05, 4.69) is 20.5 Å². The number of primary amides is 1. The van der Waals surface area contributed by atoms with E-state index in [9.17, 15) is 18.4 Å². The molecule has 1 aromatic carbocycles. The Hall–Kier alpha value is -3.69. The van der Waals surface area contributed by atoms with Gasteiger partial charge in [0.1, 0.15) is 6.33 Å². The van der Waals surface area contributed by atoms with Gasteiger partial charge in [0.15, 0.2) is 23.1 Å². The van der Waals surface area contributed by atoms with E-state index in [1.54, 1.807) is 17.0 Å². The van der Waals surface area contributed by atoms with Crippen molar-refractivity contribution in [3.8, 4) is 5.82 Å². The Balaban J connectivity index is 1.85.